The number of nitrogens with zero attached hydrogens (tertiary/aromatic N) is 3. The van der Waals surface area contributed by atoms with Gasteiger partial charge in [-0.1, -0.05) is 18.2 Å². The third kappa shape index (κ3) is 6.50. The SMILES string of the molecule is CCNC(=NCC(C)N1CCN(C)CC1)NCCc1ccccc1OC. The molecule has 1 saturated heterocycles. The molecule has 1 aliphatic heterocycles. The average molecular weight is 362 g/mol. The Hall–Kier alpha value is -1.79. The molecular formula is C20H35N5O. The minimum atomic E-state index is 0.466. The molecule has 1 aromatic carbocycles. The largest absolute Gasteiger partial charge is 0.496 e. The Balaban J connectivity index is 1.82. The highest BCUT2D eigenvalue weighted by Crippen LogP contribution is 2.17. The molecule has 6 heteroatoms. The Bertz CT molecular complexity index is 555. The van der Waals surface area contributed by atoms with Gasteiger partial charge in [-0.2, -0.15) is 0 Å². The Labute approximate surface area is 158 Å². The molecule has 1 heterocycles. The van der Waals surface area contributed by atoms with E-state index >= 15 is 0 Å². The van der Waals surface area contributed by atoms with Crippen molar-refractivity contribution in [3.05, 3.63) is 29.8 Å². The second-order valence-corrected chi connectivity index (χ2v) is 6.90. The van der Waals surface area contributed by atoms with Crippen molar-refractivity contribution in [3.63, 3.8) is 0 Å². The first-order valence-electron chi connectivity index (χ1n) is 9.70. The summed E-state index contributed by atoms with van der Waals surface area (Å²) in [4.78, 5) is 9.70. The average Bonchev–Trinajstić information content (AvgIpc) is 2.66. The number of likely N-dealkylation sites (N-methyl/N-ethyl adjacent to an activating group) is 1. The lowest BCUT2D eigenvalue weighted by Crippen LogP contribution is -2.49. The first-order valence-corrected chi connectivity index (χ1v) is 9.70. The number of hydrogen-bond donors (Lipinski definition) is 2. The monoisotopic (exact) mass is 361 g/mol. The highest BCUT2D eigenvalue weighted by atomic mass is 16.5. The van der Waals surface area contributed by atoms with E-state index in [1.807, 2.05) is 12.1 Å². The van der Waals surface area contributed by atoms with Crippen LogP contribution >= 0.6 is 0 Å². The molecule has 146 valence electrons. The standard InChI is InChI=1S/C20H35N5O/c1-5-21-20(22-11-10-18-8-6-7-9-19(18)26-4)23-16-17(2)25-14-12-24(3)13-15-25/h6-9,17H,5,10-16H2,1-4H3,(H2,21,22,23). The van der Waals surface area contributed by atoms with E-state index in [9.17, 15) is 0 Å². The van der Waals surface area contributed by atoms with Crippen LogP contribution in [0.3, 0.4) is 0 Å². The van der Waals surface area contributed by atoms with E-state index in [1.165, 1.54) is 5.56 Å². The van der Waals surface area contributed by atoms with Gasteiger partial charge in [-0.3, -0.25) is 9.89 Å². The molecule has 6 nitrogen and oxygen atoms in total. The van der Waals surface area contributed by atoms with Crippen LogP contribution in [-0.4, -0.2) is 81.8 Å². The van der Waals surface area contributed by atoms with Crippen molar-refractivity contribution in [1.29, 1.82) is 0 Å². The molecule has 0 aliphatic carbocycles. The predicted octanol–water partition coefficient (Wildman–Crippen LogP) is 1.43. The van der Waals surface area contributed by atoms with Crippen molar-refractivity contribution in [2.24, 2.45) is 4.99 Å². The van der Waals surface area contributed by atoms with Gasteiger partial charge >= 0.3 is 0 Å². The molecule has 1 fully saturated rings. The molecule has 2 rings (SSSR count). The first-order chi connectivity index (χ1) is 12.6. The summed E-state index contributed by atoms with van der Waals surface area (Å²) in [6.07, 6.45) is 0.905. The number of guanidine groups is 1. The van der Waals surface area contributed by atoms with Gasteiger partial charge in [0.25, 0.3) is 0 Å². The van der Waals surface area contributed by atoms with Gasteiger partial charge in [0.05, 0.1) is 13.7 Å². The zero-order valence-electron chi connectivity index (χ0n) is 16.8. The van der Waals surface area contributed by atoms with Crippen LogP contribution < -0.4 is 15.4 Å². The second kappa shape index (κ2) is 11.0. The summed E-state index contributed by atoms with van der Waals surface area (Å²) in [6.45, 7) is 11.4. The number of nitrogens with one attached hydrogen (secondary N) is 2. The lowest BCUT2D eigenvalue weighted by atomic mass is 10.1. The number of hydrogen-bond acceptors (Lipinski definition) is 4. The smallest absolute Gasteiger partial charge is 0.191 e. The van der Waals surface area contributed by atoms with Crippen LogP contribution in [0.15, 0.2) is 29.3 Å². The predicted molar refractivity (Wildman–Crippen MR) is 109 cm³/mol. The van der Waals surface area contributed by atoms with Crippen molar-refractivity contribution < 1.29 is 4.74 Å². The van der Waals surface area contributed by atoms with Gasteiger partial charge in [0.15, 0.2) is 5.96 Å². The van der Waals surface area contributed by atoms with Crippen LogP contribution in [0.25, 0.3) is 0 Å². The van der Waals surface area contributed by atoms with Crippen LogP contribution in [0.4, 0.5) is 0 Å². The van der Waals surface area contributed by atoms with Gasteiger partial charge in [-0.25, -0.2) is 0 Å². The van der Waals surface area contributed by atoms with E-state index in [4.69, 9.17) is 9.73 Å². The third-order valence-corrected chi connectivity index (χ3v) is 4.90. The summed E-state index contributed by atoms with van der Waals surface area (Å²) in [5.41, 5.74) is 1.21. The fourth-order valence-electron chi connectivity index (χ4n) is 3.17. The summed E-state index contributed by atoms with van der Waals surface area (Å²) < 4.78 is 5.42. The maximum Gasteiger partial charge on any atom is 0.191 e. The second-order valence-electron chi connectivity index (χ2n) is 6.90. The van der Waals surface area contributed by atoms with Crippen LogP contribution in [0, 0.1) is 0 Å². The molecule has 1 atom stereocenters. The molecule has 2 N–H and O–H groups in total. The highest BCUT2D eigenvalue weighted by molar-refractivity contribution is 5.79. The quantitative estimate of drug-likeness (QED) is 0.542. The van der Waals surface area contributed by atoms with Crippen LogP contribution in [-0.2, 0) is 6.42 Å². The normalized spacial score (nSPS) is 17.8. The third-order valence-electron chi connectivity index (χ3n) is 4.90. The lowest BCUT2D eigenvalue weighted by Gasteiger charge is -2.35. The number of benzene rings is 1. The molecular weight excluding hydrogens is 326 g/mol. The molecule has 1 unspecified atom stereocenters. The first kappa shape index (κ1) is 20.5. The minimum absolute atomic E-state index is 0.466. The van der Waals surface area contributed by atoms with Crippen molar-refractivity contribution in [2.45, 2.75) is 26.3 Å². The summed E-state index contributed by atoms with van der Waals surface area (Å²) in [7, 11) is 3.91. The van der Waals surface area contributed by atoms with Crippen molar-refractivity contribution in [2.75, 3.05) is 60.0 Å². The van der Waals surface area contributed by atoms with E-state index in [2.05, 4.69) is 53.5 Å². The molecule has 0 radical (unpaired) electrons. The van der Waals surface area contributed by atoms with Crippen LogP contribution in [0.5, 0.6) is 5.75 Å². The Kier molecular flexibility index (Phi) is 8.71. The number of aliphatic imine (C=N–C) groups is 1. The molecule has 0 amide bonds. The van der Waals surface area contributed by atoms with E-state index < -0.39 is 0 Å². The van der Waals surface area contributed by atoms with Crippen molar-refractivity contribution >= 4 is 5.96 Å². The highest BCUT2D eigenvalue weighted by Gasteiger charge is 2.18. The number of methoxy groups -OCH3 is 1. The zero-order chi connectivity index (χ0) is 18.8. The number of rotatable bonds is 8. The fraction of sp³-hybridized carbons (Fsp3) is 0.650. The fourth-order valence-corrected chi connectivity index (χ4v) is 3.17. The van der Waals surface area contributed by atoms with Gasteiger partial charge in [-0.15, -0.1) is 0 Å². The van der Waals surface area contributed by atoms with Gasteiger partial charge < -0.3 is 20.3 Å². The molecule has 1 aromatic rings. The van der Waals surface area contributed by atoms with Gasteiger partial charge in [-0.05, 0) is 38.9 Å². The van der Waals surface area contributed by atoms with E-state index in [0.717, 1.165) is 63.9 Å². The lowest BCUT2D eigenvalue weighted by molar-refractivity contribution is 0.122. The number of piperazine rings is 1. The summed E-state index contributed by atoms with van der Waals surface area (Å²) in [5, 5.41) is 6.79. The van der Waals surface area contributed by atoms with Crippen LogP contribution in [0.1, 0.15) is 19.4 Å². The van der Waals surface area contributed by atoms with Gasteiger partial charge in [0.1, 0.15) is 5.75 Å². The van der Waals surface area contributed by atoms with Crippen molar-refractivity contribution in [3.8, 4) is 5.75 Å². The summed E-state index contributed by atoms with van der Waals surface area (Å²) >= 11 is 0. The molecule has 0 saturated carbocycles. The molecule has 0 aromatic heterocycles. The van der Waals surface area contributed by atoms with Crippen LogP contribution in [0.2, 0.25) is 0 Å². The summed E-state index contributed by atoms with van der Waals surface area (Å²) in [6, 6.07) is 8.64. The number of ether oxygens (including phenoxy) is 1. The maximum atomic E-state index is 5.42. The van der Waals surface area contributed by atoms with Gasteiger partial charge in [0.2, 0.25) is 0 Å². The molecule has 0 bridgehead atoms. The Morgan fingerprint density at radius 1 is 1.19 bits per heavy atom. The van der Waals surface area contributed by atoms with E-state index in [1.54, 1.807) is 7.11 Å². The zero-order valence-corrected chi connectivity index (χ0v) is 16.8. The maximum absolute atomic E-state index is 5.42. The molecule has 1 aliphatic rings. The minimum Gasteiger partial charge on any atom is -0.496 e. The van der Waals surface area contributed by atoms with E-state index in [0.29, 0.717) is 6.04 Å². The Morgan fingerprint density at radius 3 is 2.62 bits per heavy atom. The molecule has 26 heavy (non-hydrogen) atoms. The van der Waals surface area contributed by atoms with E-state index in [-0.39, 0.29) is 0 Å². The van der Waals surface area contributed by atoms with Crippen molar-refractivity contribution in [1.82, 2.24) is 20.4 Å². The Morgan fingerprint density at radius 2 is 1.92 bits per heavy atom. The topological polar surface area (TPSA) is 52.1 Å². The summed E-state index contributed by atoms with van der Waals surface area (Å²) in [5.74, 6) is 1.84. The molecule has 0 spiro atoms. The van der Waals surface area contributed by atoms with Gasteiger partial charge in [0, 0.05) is 45.3 Å². The number of para-hydroxylation sites is 1.